The monoisotopic (exact) mass is 566 g/mol. The quantitative estimate of drug-likeness (QED) is 0.0982. The number of nitrogens with one attached hydrogen (secondary N) is 1. The Bertz CT molecular complexity index is 1690. The summed E-state index contributed by atoms with van der Waals surface area (Å²) < 4.78 is 12.1. The van der Waals surface area contributed by atoms with Gasteiger partial charge in [-0.25, -0.2) is 10.2 Å². The summed E-state index contributed by atoms with van der Waals surface area (Å²) in [5.41, 5.74) is 4.22. The second kappa shape index (κ2) is 11.3. The molecule has 1 N–H and O–H groups in total. The molecule has 38 heavy (non-hydrogen) atoms. The van der Waals surface area contributed by atoms with E-state index in [4.69, 9.17) is 9.47 Å². The van der Waals surface area contributed by atoms with Crippen LogP contribution in [0.1, 0.15) is 33.2 Å². The number of carbonyl (C=O) groups excluding carboxylic acids is 2. The van der Waals surface area contributed by atoms with E-state index in [2.05, 4.69) is 26.5 Å². The molecule has 6 nitrogen and oxygen atoms in total. The minimum absolute atomic E-state index is 0.265. The average Bonchev–Trinajstić information content (AvgIpc) is 2.94. The van der Waals surface area contributed by atoms with Crippen molar-refractivity contribution in [1.82, 2.24) is 5.43 Å². The molecule has 0 fully saturated rings. The lowest BCUT2D eigenvalue weighted by Crippen LogP contribution is -2.18. The van der Waals surface area contributed by atoms with Crippen molar-refractivity contribution in [3.63, 3.8) is 0 Å². The van der Waals surface area contributed by atoms with Gasteiger partial charge in [0, 0.05) is 5.56 Å². The van der Waals surface area contributed by atoms with Crippen LogP contribution < -0.4 is 14.9 Å². The second-order valence-corrected chi connectivity index (χ2v) is 9.26. The van der Waals surface area contributed by atoms with Gasteiger partial charge < -0.3 is 9.47 Å². The molecule has 5 rings (SSSR count). The van der Waals surface area contributed by atoms with Crippen LogP contribution in [-0.4, -0.2) is 24.7 Å². The Morgan fingerprint density at radius 3 is 2.13 bits per heavy atom. The molecule has 5 aromatic rings. The van der Waals surface area contributed by atoms with Gasteiger partial charge in [-0.15, -0.1) is 0 Å². The summed E-state index contributed by atoms with van der Waals surface area (Å²) in [5.74, 6) is -0.172. The van der Waals surface area contributed by atoms with E-state index < -0.39 is 5.97 Å². The lowest BCUT2D eigenvalue weighted by Gasteiger charge is -2.14. The average molecular weight is 567 g/mol. The van der Waals surface area contributed by atoms with Crippen molar-refractivity contribution in [2.75, 3.05) is 6.61 Å². The van der Waals surface area contributed by atoms with E-state index in [1.54, 1.807) is 24.3 Å². The Balaban J connectivity index is 1.37. The fourth-order valence-corrected chi connectivity index (χ4v) is 4.77. The molecule has 0 aliphatic heterocycles. The number of hydrogen-bond acceptors (Lipinski definition) is 5. The summed E-state index contributed by atoms with van der Waals surface area (Å²) in [7, 11) is 0. The standard InChI is InChI=1S/C31H23BrN2O4/c1-2-37-28-18-20(19-33-34-30(35)25-15-7-11-21-9-3-5-13-23(21)25)17-27(32)29(28)38-31(36)26-16-8-12-22-10-4-6-14-24(22)26/h3-19H,2H2,1H3,(H,34,35)/b33-19-. The number of carbonyl (C=O) groups is 2. The van der Waals surface area contributed by atoms with E-state index in [0.717, 1.165) is 21.5 Å². The highest BCUT2D eigenvalue weighted by molar-refractivity contribution is 9.10. The summed E-state index contributed by atoms with van der Waals surface area (Å²) in [6.45, 7) is 2.21. The molecule has 0 atom stereocenters. The summed E-state index contributed by atoms with van der Waals surface area (Å²) in [6, 6.07) is 29.8. The maximum Gasteiger partial charge on any atom is 0.344 e. The Labute approximate surface area is 228 Å². The molecule has 1 amide bonds. The van der Waals surface area contributed by atoms with E-state index >= 15 is 0 Å². The van der Waals surface area contributed by atoms with Gasteiger partial charge >= 0.3 is 5.97 Å². The molecule has 0 aliphatic carbocycles. The zero-order valence-corrected chi connectivity index (χ0v) is 22.1. The predicted octanol–water partition coefficient (Wildman–Crippen LogP) is 7.14. The number of rotatable bonds is 7. The van der Waals surface area contributed by atoms with Gasteiger partial charge in [-0.3, -0.25) is 4.79 Å². The summed E-state index contributed by atoms with van der Waals surface area (Å²) in [5, 5.41) is 7.71. The Morgan fingerprint density at radius 1 is 0.842 bits per heavy atom. The molecular formula is C31H23BrN2O4. The van der Waals surface area contributed by atoms with Crippen LogP contribution in [0.15, 0.2) is 107 Å². The van der Waals surface area contributed by atoms with Crippen molar-refractivity contribution in [2.45, 2.75) is 6.92 Å². The first-order chi connectivity index (χ1) is 18.5. The van der Waals surface area contributed by atoms with Gasteiger partial charge in [-0.05, 0) is 74.2 Å². The lowest BCUT2D eigenvalue weighted by molar-refractivity contribution is 0.0729. The van der Waals surface area contributed by atoms with Gasteiger partial charge in [0.15, 0.2) is 11.5 Å². The smallest absolute Gasteiger partial charge is 0.344 e. The third-order valence-electron chi connectivity index (χ3n) is 5.95. The van der Waals surface area contributed by atoms with Crippen LogP contribution in [0.3, 0.4) is 0 Å². The Kier molecular flexibility index (Phi) is 7.47. The van der Waals surface area contributed by atoms with Gasteiger partial charge in [-0.2, -0.15) is 5.10 Å². The van der Waals surface area contributed by atoms with Crippen LogP contribution in [0, 0.1) is 0 Å². The van der Waals surface area contributed by atoms with Gasteiger partial charge in [0.25, 0.3) is 5.91 Å². The molecular weight excluding hydrogens is 544 g/mol. The van der Waals surface area contributed by atoms with Gasteiger partial charge in [0.1, 0.15) is 0 Å². The Morgan fingerprint density at radius 2 is 1.45 bits per heavy atom. The van der Waals surface area contributed by atoms with Crippen molar-refractivity contribution in [3.05, 3.63) is 118 Å². The molecule has 5 aromatic carbocycles. The second-order valence-electron chi connectivity index (χ2n) is 8.41. The highest BCUT2D eigenvalue weighted by Gasteiger charge is 2.19. The molecule has 7 heteroatoms. The molecule has 0 heterocycles. The van der Waals surface area contributed by atoms with Crippen LogP contribution in [-0.2, 0) is 0 Å². The zero-order valence-electron chi connectivity index (χ0n) is 20.5. The van der Waals surface area contributed by atoms with Crippen molar-refractivity contribution in [3.8, 4) is 11.5 Å². The highest BCUT2D eigenvalue weighted by Crippen LogP contribution is 2.37. The number of fused-ring (bicyclic) bond motifs is 2. The summed E-state index contributed by atoms with van der Waals surface area (Å²) >= 11 is 3.50. The van der Waals surface area contributed by atoms with E-state index in [9.17, 15) is 9.59 Å². The predicted molar refractivity (Wildman–Crippen MR) is 153 cm³/mol. The topological polar surface area (TPSA) is 77.0 Å². The van der Waals surface area contributed by atoms with E-state index in [1.165, 1.54) is 6.21 Å². The van der Waals surface area contributed by atoms with Crippen LogP contribution in [0.2, 0.25) is 0 Å². The fraction of sp³-hybridized carbons (Fsp3) is 0.0645. The largest absolute Gasteiger partial charge is 0.490 e. The van der Waals surface area contributed by atoms with Gasteiger partial charge in [-0.1, -0.05) is 72.8 Å². The lowest BCUT2D eigenvalue weighted by atomic mass is 10.0. The van der Waals surface area contributed by atoms with Crippen LogP contribution >= 0.6 is 15.9 Å². The molecule has 0 spiro atoms. The molecule has 0 unspecified atom stereocenters. The van der Waals surface area contributed by atoms with E-state index in [0.29, 0.717) is 33.5 Å². The highest BCUT2D eigenvalue weighted by atomic mass is 79.9. The normalized spacial score (nSPS) is 11.1. The number of esters is 1. The first kappa shape index (κ1) is 25.2. The minimum atomic E-state index is -0.493. The molecule has 0 saturated carbocycles. The fourth-order valence-electron chi connectivity index (χ4n) is 4.22. The zero-order chi connectivity index (χ0) is 26.5. The number of nitrogens with zero attached hydrogens (tertiary/aromatic N) is 1. The number of halogens is 1. The third-order valence-corrected chi connectivity index (χ3v) is 6.54. The number of benzene rings is 5. The molecule has 0 saturated heterocycles. The molecule has 0 aliphatic rings. The van der Waals surface area contributed by atoms with Crippen LogP contribution in [0.4, 0.5) is 0 Å². The summed E-state index contributed by atoms with van der Waals surface area (Å²) in [6.07, 6.45) is 1.51. The number of hydrogen-bond donors (Lipinski definition) is 1. The SMILES string of the molecule is CCOc1cc(/C=N\NC(=O)c2cccc3ccccc23)cc(Br)c1OC(=O)c1cccc2ccccc12. The van der Waals surface area contributed by atoms with Gasteiger partial charge in [0.05, 0.1) is 22.9 Å². The third kappa shape index (κ3) is 5.28. The minimum Gasteiger partial charge on any atom is -0.490 e. The summed E-state index contributed by atoms with van der Waals surface area (Å²) in [4.78, 5) is 25.9. The molecule has 0 aromatic heterocycles. The molecule has 0 radical (unpaired) electrons. The van der Waals surface area contributed by atoms with Crippen LogP contribution in [0.25, 0.3) is 21.5 Å². The van der Waals surface area contributed by atoms with Crippen molar-refractivity contribution in [2.24, 2.45) is 5.10 Å². The van der Waals surface area contributed by atoms with Crippen molar-refractivity contribution in [1.29, 1.82) is 0 Å². The maximum absolute atomic E-state index is 13.1. The first-order valence-corrected chi connectivity index (χ1v) is 12.8. The van der Waals surface area contributed by atoms with Crippen molar-refractivity contribution >= 4 is 55.6 Å². The van der Waals surface area contributed by atoms with Crippen LogP contribution in [0.5, 0.6) is 11.5 Å². The number of ether oxygens (including phenoxy) is 2. The van der Waals surface area contributed by atoms with E-state index in [-0.39, 0.29) is 11.7 Å². The van der Waals surface area contributed by atoms with E-state index in [1.807, 2.05) is 79.7 Å². The van der Waals surface area contributed by atoms with Gasteiger partial charge in [0.2, 0.25) is 0 Å². The Hall–Kier alpha value is -4.49. The molecule has 0 bridgehead atoms. The number of amides is 1. The molecule has 188 valence electrons. The first-order valence-electron chi connectivity index (χ1n) is 12.0. The number of hydrazone groups is 1. The maximum atomic E-state index is 13.1. The van der Waals surface area contributed by atoms with Crippen molar-refractivity contribution < 1.29 is 19.1 Å².